The lowest BCUT2D eigenvalue weighted by Gasteiger charge is -2.37. The van der Waals surface area contributed by atoms with E-state index >= 15 is 0 Å². The number of amides is 3. The molecule has 2 fully saturated rings. The first-order chi connectivity index (χ1) is 13.5. The molecule has 28 heavy (non-hydrogen) atoms. The van der Waals surface area contributed by atoms with Crippen LogP contribution in [0.3, 0.4) is 0 Å². The Morgan fingerprint density at radius 2 is 2.04 bits per heavy atom. The maximum absolute atomic E-state index is 13.1. The van der Waals surface area contributed by atoms with Gasteiger partial charge in [-0.1, -0.05) is 38.0 Å². The highest BCUT2D eigenvalue weighted by Gasteiger charge is 2.54. The number of imide groups is 1. The molecule has 7 heteroatoms. The van der Waals surface area contributed by atoms with Gasteiger partial charge in [0.25, 0.3) is 5.91 Å². The molecule has 4 rings (SSSR count). The molecule has 1 aromatic carbocycles. The largest absolute Gasteiger partial charge is 0.326 e. The minimum atomic E-state index is -0.700. The van der Waals surface area contributed by atoms with E-state index in [9.17, 15) is 9.59 Å². The molecule has 2 aromatic rings. The lowest BCUT2D eigenvalue weighted by Crippen LogP contribution is -2.54. The summed E-state index contributed by atoms with van der Waals surface area (Å²) in [5.41, 5.74) is 1.33. The minimum Gasteiger partial charge on any atom is -0.323 e. The van der Waals surface area contributed by atoms with E-state index in [-0.39, 0.29) is 24.5 Å². The van der Waals surface area contributed by atoms with Crippen LogP contribution < -0.4 is 5.32 Å². The van der Waals surface area contributed by atoms with E-state index in [1.807, 2.05) is 59.4 Å². The van der Waals surface area contributed by atoms with Crippen LogP contribution in [-0.4, -0.2) is 50.8 Å². The highest BCUT2D eigenvalue weighted by molar-refractivity contribution is 6.07. The van der Waals surface area contributed by atoms with Gasteiger partial charge in [-0.25, -0.2) is 14.4 Å². The van der Waals surface area contributed by atoms with Crippen LogP contribution in [0.25, 0.3) is 5.69 Å². The zero-order valence-electron chi connectivity index (χ0n) is 16.5. The van der Waals surface area contributed by atoms with Crippen molar-refractivity contribution < 1.29 is 9.59 Å². The van der Waals surface area contributed by atoms with Crippen molar-refractivity contribution in [1.29, 1.82) is 0 Å². The Morgan fingerprint density at radius 1 is 1.25 bits per heavy atom. The number of carbonyl (C=O) groups is 2. The maximum atomic E-state index is 13.1. The number of para-hydroxylation sites is 1. The van der Waals surface area contributed by atoms with Crippen molar-refractivity contribution >= 4 is 11.9 Å². The predicted molar refractivity (Wildman–Crippen MR) is 106 cm³/mol. The first-order valence-corrected chi connectivity index (χ1v) is 9.91. The van der Waals surface area contributed by atoms with E-state index in [0.717, 1.165) is 36.9 Å². The van der Waals surface area contributed by atoms with E-state index < -0.39 is 5.54 Å². The van der Waals surface area contributed by atoms with E-state index in [4.69, 9.17) is 0 Å². The number of urea groups is 1. The smallest absolute Gasteiger partial charge is 0.323 e. The number of hydrogen-bond donors (Lipinski definition) is 1. The molecule has 148 valence electrons. The molecule has 2 aliphatic rings. The zero-order chi connectivity index (χ0) is 19.7. The summed E-state index contributed by atoms with van der Waals surface area (Å²) in [6.45, 7) is 2.95. The highest BCUT2D eigenvalue weighted by Crippen LogP contribution is 2.38. The Labute approximate surface area is 165 Å². The number of nitrogens with one attached hydrogen (secondary N) is 1. The predicted octanol–water partition coefficient (Wildman–Crippen LogP) is 2.76. The molecule has 1 aliphatic heterocycles. The SMILES string of the molecule is C[C@@H]1CCCC[C@@]12NC(=O)N(CN(C)Cc1cnn(-c3ccccc3)c1)C2=O. The lowest BCUT2D eigenvalue weighted by atomic mass is 9.73. The first-order valence-electron chi connectivity index (χ1n) is 9.91. The molecule has 1 aromatic heterocycles. The van der Waals surface area contributed by atoms with Crippen molar-refractivity contribution in [2.45, 2.75) is 44.7 Å². The molecule has 1 spiro atoms. The summed E-state index contributed by atoms with van der Waals surface area (Å²) in [5, 5.41) is 7.42. The summed E-state index contributed by atoms with van der Waals surface area (Å²) in [4.78, 5) is 28.9. The number of hydrogen-bond acceptors (Lipinski definition) is 4. The maximum Gasteiger partial charge on any atom is 0.326 e. The van der Waals surface area contributed by atoms with Gasteiger partial charge in [-0.2, -0.15) is 5.10 Å². The molecule has 2 atom stereocenters. The van der Waals surface area contributed by atoms with Gasteiger partial charge in [-0.3, -0.25) is 9.69 Å². The quantitative estimate of drug-likeness (QED) is 0.809. The molecule has 1 saturated heterocycles. The van der Waals surface area contributed by atoms with E-state index in [1.54, 1.807) is 0 Å². The second-order valence-corrected chi connectivity index (χ2v) is 8.07. The summed E-state index contributed by atoms with van der Waals surface area (Å²) in [6.07, 6.45) is 7.62. The molecule has 3 amide bonds. The number of aromatic nitrogens is 2. The van der Waals surface area contributed by atoms with Gasteiger partial charge in [-0.05, 0) is 37.9 Å². The first kappa shape index (κ1) is 18.7. The molecular weight excluding hydrogens is 354 g/mol. The topological polar surface area (TPSA) is 70.5 Å². The van der Waals surface area contributed by atoms with Crippen LogP contribution in [0.1, 0.15) is 38.2 Å². The van der Waals surface area contributed by atoms with Crippen LogP contribution in [0.5, 0.6) is 0 Å². The molecule has 0 radical (unpaired) electrons. The van der Waals surface area contributed by atoms with Crippen LogP contribution in [0.15, 0.2) is 42.7 Å². The van der Waals surface area contributed by atoms with Crippen LogP contribution >= 0.6 is 0 Å². The van der Waals surface area contributed by atoms with Crippen LogP contribution in [-0.2, 0) is 11.3 Å². The summed E-state index contributed by atoms with van der Waals surface area (Å²) < 4.78 is 1.83. The van der Waals surface area contributed by atoms with Gasteiger partial charge in [0.05, 0.1) is 18.6 Å². The molecular formula is C21H27N5O2. The number of nitrogens with zero attached hydrogens (tertiary/aromatic N) is 4. The van der Waals surface area contributed by atoms with E-state index in [0.29, 0.717) is 6.54 Å². The van der Waals surface area contributed by atoms with Gasteiger partial charge in [0.2, 0.25) is 0 Å². The third kappa shape index (κ3) is 3.30. The van der Waals surface area contributed by atoms with E-state index in [1.165, 1.54) is 4.90 Å². The summed E-state index contributed by atoms with van der Waals surface area (Å²) >= 11 is 0. The van der Waals surface area contributed by atoms with Crippen molar-refractivity contribution in [1.82, 2.24) is 24.9 Å². The average Bonchev–Trinajstić information content (AvgIpc) is 3.24. The van der Waals surface area contributed by atoms with E-state index in [2.05, 4.69) is 17.3 Å². The number of carbonyl (C=O) groups excluding carboxylic acids is 2. The lowest BCUT2D eigenvalue weighted by molar-refractivity contribution is -0.135. The van der Waals surface area contributed by atoms with Gasteiger partial charge < -0.3 is 5.32 Å². The van der Waals surface area contributed by atoms with Crippen molar-refractivity contribution in [2.24, 2.45) is 5.92 Å². The third-order valence-corrected chi connectivity index (χ3v) is 5.99. The number of rotatable bonds is 5. The second kappa shape index (κ2) is 7.39. The third-order valence-electron chi connectivity index (χ3n) is 5.99. The Morgan fingerprint density at radius 3 is 2.79 bits per heavy atom. The fourth-order valence-corrected chi connectivity index (χ4v) is 4.39. The van der Waals surface area contributed by atoms with Crippen LogP contribution in [0.2, 0.25) is 0 Å². The van der Waals surface area contributed by atoms with Crippen molar-refractivity contribution in [3.63, 3.8) is 0 Å². The Balaban J connectivity index is 1.41. The van der Waals surface area contributed by atoms with Gasteiger partial charge in [0.15, 0.2) is 0 Å². The molecule has 1 N–H and O–H groups in total. The van der Waals surface area contributed by atoms with Crippen LogP contribution in [0, 0.1) is 5.92 Å². The van der Waals surface area contributed by atoms with Gasteiger partial charge in [0.1, 0.15) is 5.54 Å². The van der Waals surface area contributed by atoms with Gasteiger partial charge >= 0.3 is 6.03 Å². The summed E-state index contributed by atoms with van der Waals surface area (Å²) in [6, 6.07) is 9.65. The van der Waals surface area contributed by atoms with Crippen molar-refractivity contribution in [3.8, 4) is 5.69 Å². The van der Waals surface area contributed by atoms with Crippen molar-refractivity contribution in [3.05, 3.63) is 48.3 Å². The Bertz CT molecular complexity index is 865. The fraction of sp³-hybridized carbons (Fsp3) is 0.476. The van der Waals surface area contributed by atoms with Crippen molar-refractivity contribution in [2.75, 3.05) is 13.7 Å². The Hall–Kier alpha value is -2.67. The van der Waals surface area contributed by atoms with Gasteiger partial charge in [-0.15, -0.1) is 0 Å². The zero-order valence-corrected chi connectivity index (χ0v) is 16.5. The molecule has 0 unspecified atom stereocenters. The van der Waals surface area contributed by atoms with Gasteiger partial charge in [0, 0.05) is 18.3 Å². The molecule has 7 nitrogen and oxygen atoms in total. The molecule has 2 heterocycles. The summed E-state index contributed by atoms with van der Waals surface area (Å²) in [5.74, 6) is 0.105. The average molecular weight is 381 g/mol. The van der Waals surface area contributed by atoms with Crippen LogP contribution in [0.4, 0.5) is 4.79 Å². The molecule has 1 saturated carbocycles. The molecule has 0 bridgehead atoms. The minimum absolute atomic E-state index is 0.0727. The fourth-order valence-electron chi connectivity index (χ4n) is 4.39. The summed E-state index contributed by atoms with van der Waals surface area (Å²) in [7, 11) is 1.91. The standard InChI is InChI=1S/C21H27N5O2/c1-16-8-6-7-11-21(16)19(27)25(20(28)23-21)15-24(2)13-17-12-22-26(14-17)18-9-4-3-5-10-18/h3-5,9-10,12,14,16H,6-8,11,13,15H2,1-2H3,(H,23,28)/t16-,21-/m1/s1. The monoisotopic (exact) mass is 381 g/mol. The normalized spacial score (nSPS) is 25.0. The number of benzene rings is 1. The molecule has 1 aliphatic carbocycles. The highest BCUT2D eigenvalue weighted by atomic mass is 16.2. The second-order valence-electron chi connectivity index (χ2n) is 8.07. The Kier molecular flexibility index (Phi) is 4.93.